The maximum absolute atomic E-state index is 8.90. The predicted molar refractivity (Wildman–Crippen MR) is 97.3 cm³/mol. The van der Waals surface area contributed by atoms with E-state index in [0.717, 1.165) is 22.5 Å². The first-order valence-electron chi connectivity index (χ1n) is 7.71. The molecule has 0 fully saturated rings. The van der Waals surface area contributed by atoms with Gasteiger partial charge < -0.3 is 11.1 Å². The van der Waals surface area contributed by atoms with Gasteiger partial charge in [-0.2, -0.15) is 10.2 Å². The third-order valence-electron chi connectivity index (χ3n) is 3.89. The molecule has 4 rings (SSSR count). The molecule has 3 N–H and O–H groups in total. The highest BCUT2D eigenvalue weighted by molar-refractivity contribution is 5.71. The lowest BCUT2D eigenvalue weighted by Crippen LogP contribution is -1.97. The SMILES string of the molecule is N#Cc1ccc(-c2ccc3nc(Nc4ccccc4N)nn3c2)cc1. The van der Waals surface area contributed by atoms with Crippen LogP contribution in [0.5, 0.6) is 0 Å². The van der Waals surface area contributed by atoms with Gasteiger partial charge in [0, 0.05) is 11.8 Å². The average molecular weight is 326 g/mol. The average Bonchev–Trinajstić information content (AvgIpc) is 3.05. The second-order valence-corrected chi connectivity index (χ2v) is 5.56. The Kier molecular flexibility index (Phi) is 3.52. The van der Waals surface area contributed by atoms with Gasteiger partial charge in [-0.25, -0.2) is 4.52 Å². The smallest absolute Gasteiger partial charge is 0.247 e. The van der Waals surface area contributed by atoms with Crippen molar-refractivity contribution in [2.24, 2.45) is 0 Å². The number of para-hydroxylation sites is 2. The quantitative estimate of drug-likeness (QED) is 0.561. The van der Waals surface area contributed by atoms with Gasteiger partial charge in [0.2, 0.25) is 5.95 Å². The van der Waals surface area contributed by atoms with Crippen molar-refractivity contribution in [1.29, 1.82) is 5.26 Å². The van der Waals surface area contributed by atoms with Crippen LogP contribution in [0.3, 0.4) is 0 Å². The Morgan fingerprint density at radius 3 is 2.48 bits per heavy atom. The van der Waals surface area contributed by atoms with E-state index < -0.39 is 0 Å². The van der Waals surface area contributed by atoms with E-state index >= 15 is 0 Å². The van der Waals surface area contributed by atoms with Crippen LogP contribution in [0.25, 0.3) is 16.8 Å². The Hall–Kier alpha value is -3.85. The lowest BCUT2D eigenvalue weighted by Gasteiger charge is -2.04. The third-order valence-corrected chi connectivity index (χ3v) is 3.89. The van der Waals surface area contributed by atoms with Gasteiger partial charge in [-0.05, 0) is 42.0 Å². The Morgan fingerprint density at radius 2 is 1.72 bits per heavy atom. The lowest BCUT2D eigenvalue weighted by atomic mass is 10.1. The standard InChI is InChI=1S/C19H14N6/c20-11-13-5-7-14(8-6-13)15-9-10-18-23-19(24-25(18)12-15)22-17-4-2-1-3-16(17)21/h1-10,12H,21H2,(H,22,24). The maximum atomic E-state index is 8.90. The highest BCUT2D eigenvalue weighted by Gasteiger charge is 2.07. The lowest BCUT2D eigenvalue weighted by molar-refractivity contribution is 0.967. The van der Waals surface area contributed by atoms with Crippen molar-refractivity contribution in [3.63, 3.8) is 0 Å². The van der Waals surface area contributed by atoms with E-state index in [4.69, 9.17) is 11.0 Å². The molecule has 0 saturated carbocycles. The minimum absolute atomic E-state index is 0.481. The van der Waals surface area contributed by atoms with Gasteiger partial charge in [-0.3, -0.25) is 0 Å². The number of nitriles is 1. The molecule has 0 amide bonds. The summed E-state index contributed by atoms with van der Waals surface area (Å²) in [5.74, 6) is 0.481. The number of benzene rings is 2. The molecule has 2 heterocycles. The molecule has 2 aromatic heterocycles. The zero-order valence-corrected chi connectivity index (χ0v) is 13.2. The number of fused-ring (bicyclic) bond motifs is 1. The number of aromatic nitrogens is 3. The van der Waals surface area contributed by atoms with Crippen molar-refractivity contribution in [2.45, 2.75) is 0 Å². The van der Waals surface area contributed by atoms with E-state index in [1.165, 1.54) is 0 Å². The van der Waals surface area contributed by atoms with Crippen LogP contribution in [-0.4, -0.2) is 14.6 Å². The van der Waals surface area contributed by atoms with Gasteiger partial charge in [0.1, 0.15) is 0 Å². The molecule has 0 saturated heterocycles. The van der Waals surface area contributed by atoms with Gasteiger partial charge in [0.05, 0.1) is 23.0 Å². The summed E-state index contributed by atoms with van der Waals surface area (Å²) in [6.45, 7) is 0. The van der Waals surface area contributed by atoms with Crippen molar-refractivity contribution in [2.75, 3.05) is 11.1 Å². The first-order chi connectivity index (χ1) is 12.2. The summed E-state index contributed by atoms with van der Waals surface area (Å²) in [7, 11) is 0. The largest absolute Gasteiger partial charge is 0.397 e. The summed E-state index contributed by atoms with van der Waals surface area (Å²) >= 11 is 0. The third kappa shape index (κ3) is 2.86. The summed E-state index contributed by atoms with van der Waals surface area (Å²) in [6.07, 6.45) is 1.91. The topological polar surface area (TPSA) is 92.0 Å². The molecule has 0 atom stereocenters. The fourth-order valence-corrected chi connectivity index (χ4v) is 2.58. The van der Waals surface area contributed by atoms with Crippen LogP contribution in [0.2, 0.25) is 0 Å². The van der Waals surface area contributed by atoms with Gasteiger partial charge in [-0.15, -0.1) is 5.10 Å². The molecular weight excluding hydrogens is 312 g/mol. The van der Waals surface area contributed by atoms with E-state index in [2.05, 4.69) is 21.5 Å². The Labute approximate surface area is 144 Å². The second kappa shape index (κ2) is 5.98. The summed E-state index contributed by atoms with van der Waals surface area (Å²) < 4.78 is 1.72. The van der Waals surface area contributed by atoms with Gasteiger partial charge in [-0.1, -0.05) is 24.3 Å². The van der Waals surface area contributed by atoms with E-state index in [1.54, 1.807) is 16.6 Å². The molecule has 0 radical (unpaired) electrons. The molecule has 0 bridgehead atoms. The Morgan fingerprint density at radius 1 is 0.960 bits per heavy atom. The van der Waals surface area contributed by atoms with Crippen molar-refractivity contribution in [3.8, 4) is 17.2 Å². The maximum Gasteiger partial charge on any atom is 0.247 e. The van der Waals surface area contributed by atoms with Crippen LogP contribution in [0, 0.1) is 11.3 Å². The monoisotopic (exact) mass is 326 g/mol. The molecule has 120 valence electrons. The van der Waals surface area contributed by atoms with Crippen molar-refractivity contribution in [1.82, 2.24) is 14.6 Å². The number of pyridine rings is 1. The van der Waals surface area contributed by atoms with Gasteiger partial charge in [0.15, 0.2) is 5.65 Å². The number of nitrogens with two attached hydrogens (primary N) is 1. The van der Waals surface area contributed by atoms with Crippen LogP contribution < -0.4 is 11.1 Å². The molecule has 0 aliphatic heterocycles. The van der Waals surface area contributed by atoms with Crippen LogP contribution in [0.15, 0.2) is 66.9 Å². The van der Waals surface area contributed by atoms with Crippen LogP contribution in [-0.2, 0) is 0 Å². The van der Waals surface area contributed by atoms with E-state index in [9.17, 15) is 0 Å². The molecule has 0 unspecified atom stereocenters. The van der Waals surface area contributed by atoms with Gasteiger partial charge in [0.25, 0.3) is 0 Å². The number of anilines is 3. The molecule has 0 spiro atoms. The summed E-state index contributed by atoms with van der Waals surface area (Å²) in [5, 5.41) is 16.5. The predicted octanol–water partition coefficient (Wildman–Crippen LogP) is 3.59. The highest BCUT2D eigenvalue weighted by Crippen LogP contribution is 2.23. The molecule has 0 aliphatic rings. The number of nitrogens with one attached hydrogen (secondary N) is 1. The number of hydrogen-bond donors (Lipinski definition) is 2. The molecule has 0 aliphatic carbocycles. The van der Waals surface area contributed by atoms with Crippen LogP contribution in [0.1, 0.15) is 5.56 Å². The van der Waals surface area contributed by atoms with Crippen molar-refractivity contribution in [3.05, 3.63) is 72.4 Å². The summed E-state index contributed by atoms with van der Waals surface area (Å²) in [6, 6.07) is 20.9. The molecular formula is C19H14N6. The Balaban J connectivity index is 1.67. The number of hydrogen-bond acceptors (Lipinski definition) is 5. The molecule has 6 heteroatoms. The second-order valence-electron chi connectivity index (χ2n) is 5.56. The fraction of sp³-hybridized carbons (Fsp3) is 0. The summed E-state index contributed by atoms with van der Waals surface area (Å²) in [5.41, 5.74) is 10.7. The molecule has 2 aromatic carbocycles. The first kappa shape index (κ1) is 14.7. The zero-order chi connectivity index (χ0) is 17.2. The van der Waals surface area contributed by atoms with Gasteiger partial charge >= 0.3 is 0 Å². The zero-order valence-electron chi connectivity index (χ0n) is 13.2. The highest BCUT2D eigenvalue weighted by atomic mass is 15.3. The van der Waals surface area contributed by atoms with E-state index in [0.29, 0.717) is 17.2 Å². The van der Waals surface area contributed by atoms with Crippen molar-refractivity contribution >= 4 is 23.0 Å². The normalized spacial score (nSPS) is 10.5. The molecule has 6 nitrogen and oxygen atoms in total. The first-order valence-corrected chi connectivity index (χ1v) is 7.71. The van der Waals surface area contributed by atoms with Crippen molar-refractivity contribution < 1.29 is 0 Å². The minimum Gasteiger partial charge on any atom is -0.397 e. The number of nitrogens with zero attached hydrogens (tertiary/aromatic N) is 4. The van der Waals surface area contributed by atoms with Crippen LogP contribution >= 0.6 is 0 Å². The van der Waals surface area contributed by atoms with Crippen LogP contribution in [0.4, 0.5) is 17.3 Å². The Bertz CT molecular complexity index is 1090. The van der Waals surface area contributed by atoms with E-state index in [1.807, 2.05) is 54.7 Å². The minimum atomic E-state index is 0.481. The number of rotatable bonds is 3. The molecule has 4 aromatic rings. The number of nitrogen functional groups attached to an aromatic ring is 1. The van der Waals surface area contributed by atoms with E-state index in [-0.39, 0.29) is 0 Å². The summed E-state index contributed by atoms with van der Waals surface area (Å²) in [4.78, 5) is 4.45. The molecule has 25 heavy (non-hydrogen) atoms. The fourth-order valence-electron chi connectivity index (χ4n) is 2.58.